The van der Waals surface area contributed by atoms with E-state index >= 15 is 0 Å². The summed E-state index contributed by atoms with van der Waals surface area (Å²) >= 11 is 0. The maximum absolute atomic E-state index is 10.9. The molecule has 13 nitrogen and oxygen atoms in total. The van der Waals surface area contributed by atoms with E-state index in [1.54, 1.807) is 55.4 Å². The largest absolute Gasteiger partial charge is 0.671 e. The van der Waals surface area contributed by atoms with Gasteiger partial charge in [0.25, 0.3) is 0 Å². The molecule has 0 aromatic heterocycles. The predicted molar refractivity (Wildman–Crippen MR) is 124 cm³/mol. The van der Waals surface area contributed by atoms with Gasteiger partial charge in [0.15, 0.2) is 0 Å². The maximum Gasteiger partial charge on any atom is 0.671 e. The van der Waals surface area contributed by atoms with Crippen LogP contribution in [-0.4, -0.2) is 98.6 Å². The van der Waals surface area contributed by atoms with Crippen LogP contribution in [0, 0.1) is 0 Å². The van der Waals surface area contributed by atoms with Gasteiger partial charge < -0.3 is 57.3 Å². The molecule has 0 aliphatic heterocycles. The summed E-state index contributed by atoms with van der Waals surface area (Å²) in [5.41, 5.74) is 0. The van der Waals surface area contributed by atoms with Crippen molar-refractivity contribution in [2.24, 2.45) is 0 Å². The van der Waals surface area contributed by atoms with Crippen LogP contribution in [0.25, 0.3) is 0 Å². The van der Waals surface area contributed by atoms with Crippen molar-refractivity contribution < 1.29 is 57.3 Å². The van der Waals surface area contributed by atoms with Crippen LogP contribution in [0.5, 0.6) is 0 Å². The fourth-order valence-corrected chi connectivity index (χ4v) is 13.3. The Bertz CT molecular complexity index is 439. The van der Waals surface area contributed by atoms with E-state index in [2.05, 4.69) is 0 Å². The summed E-state index contributed by atoms with van der Waals surface area (Å²) in [4.78, 5) is 21.9. The van der Waals surface area contributed by atoms with Crippen LogP contribution in [0.15, 0.2) is 0 Å². The summed E-state index contributed by atoms with van der Waals surface area (Å²) in [6.07, 6.45) is 0. The normalized spacial score (nSPS) is 13.6. The molecule has 17 heteroatoms. The molecule has 2 N–H and O–H groups in total. The minimum Gasteiger partial charge on any atom is -0.368 e. The molecule has 0 radical (unpaired) electrons. The summed E-state index contributed by atoms with van der Waals surface area (Å²) in [6.45, 7) is 14.1. The molecule has 0 saturated carbocycles. The molecule has 0 amide bonds. The maximum atomic E-state index is 10.9. The smallest absolute Gasteiger partial charge is 0.368 e. The van der Waals surface area contributed by atoms with Crippen LogP contribution in [0.3, 0.4) is 0 Å². The lowest BCUT2D eigenvalue weighted by Crippen LogP contribution is -2.69. The SMILES string of the molecule is CCO[Si](O)(OCC)O[Si](OCC)(OCC)O[Si](OCC)(OCC)O[Si](O)(OCC)OCC. The molecular weight excluding hydrogens is 513 g/mol. The minimum atomic E-state index is -4.31. The first-order chi connectivity index (χ1) is 15.6. The van der Waals surface area contributed by atoms with Gasteiger partial charge in [-0.2, -0.15) is 0 Å². The van der Waals surface area contributed by atoms with Crippen molar-refractivity contribution in [3.63, 3.8) is 0 Å². The number of rotatable bonds is 22. The average Bonchev–Trinajstić information content (AvgIpc) is 2.69. The van der Waals surface area contributed by atoms with Crippen LogP contribution < -0.4 is 0 Å². The third-order valence-corrected chi connectivity index (χ3v) is 14.6. The predicted octanol–water partition coefficient (Wildman–Crippen LogP) is 1.06. The summed E-state index contributed by atoms with van der Waals surface area (Å²) < 4.78 is 62.4. The van der Waals surface area contributed by atoms with Gasteiger partial charge in [-0.05, 0) is 55.4 Å². The lowest BCUT2D eigenvalue weighted by atomic mass is 10.9. The van der Waals surface area contributed by atoms with Gasteiger partial charge in [0.2, 0.25) is 0 Å². The Morgan fingerprint density at radius 3 is 0.758 bits per heavy atom. The summed E-state index contributed by atoms with van der Waals surface area (Å²) in [7, 11) is -17.2. The average molecular weight is 555 g/mol. The van der Waals surface area contributed by atoms with Crippen LogP contribution in [0.4, 0.5) is 0 Å². The van der Waals surface area contributed by atoms with E-state index in [1.165, 1.54) is 0 Å². The van der Waals surface area contributed by atoms with Crippen molar-refractivity contribution in [2.75, 3.05) is 52.9 Å². The highest BCUT2D eigenvalue weighted by atomic mass is 28.5. The van der Waals surface area contributed by atoms with Crippen molar-refractivity contribution >= 4 is 36.2 Å². The number of hydrogen-bond acceptors (Lipinski definition) is 13. The van der Waals surface area contributed by atoms with Crippen LogP contribution in [0.2, 0.25) is 0 Å². The Morgan fingerprint density at radius 1 is 0.364 bits per heavy atom. The third-order valence-electron chi connectivity index (χ3n) is 3.35. The molecule has 0 heterocycles. The van der Waals surface area contributed by atoms with Gasteiger partial charge >= 0.3 is 36.2 Å². The first-order valence-corrected chi connectivity index (χ1v) is 17.9. The standard InChI is InChI=1S/C16H42O13Si4/c1-9-19-30(17,20-10-2)27-32(23-13-5,24-14-6)29-33(25-15-7,26-16-8)28-31(18,21-11-3)22-12-4/h17-18H,9-16H2,1-8H3. The molecule has 0 atom stereocenters. The highest BCUT2D eigenvalue weighted by Crippen LogP contribution is 2.28. The molecular formula is C16H42O13Si4. The van der Waals surface area contributed by atoms with Gasteiger partial charge in [-0.3, -0.25) is 0 Å². The van der Waals surface area contributed by atoms with Gasteiger partial charge in [0, 0.05) is 52.9 Å². The molecule has 33 heavy (non-hydrogen) atoms. The molecule has 0 aromatic rings. The van der Waals surface area contributed by atoms with E-state index in [0.717, 1.165) is 0 Å². The van der Waals surface area contributed by atoms with E-state index in [1.807, 2.05) is 0 Å². The van der Waals surface area contributed by atoms with Gasteiger partial charge in [0.1, 0.15) is 0 Å². The minimum absolute atomic E-state index is 0.0797. The Hall–Kier alpha value is 0.348. The van der Waals surface area contributed by atoms with E-state index in [0.29, 0.717) is 0 Å². The molecule has 200 valence electrons. The first kappa shape index (κ1) is 33.3. The lowest BCUT2D eigenvalue weighted by Gasteiger charge is -2.39. The zero-order valence-corrected chi connectivity index (χ0v) is 25.0. The van der Waals surface area contributed by atoms with Crippen molar-refractivity contribution in [3.8, 4) is 0 Å². The fraction of sp³-hybridized carbons (Fsp3) is 1.00. The monoisotopic (exact) mass is 554 g/mol. The molecule has 0 aliphatic rings. The topological polar surface area (TPSA) is 142 Å². The Balaban J connectivity index is 6.44. The molecule has 0 fully saturated rings. The van der Waals surface area contributed by atoms with Gasteiger partial charge in [-0.15, -0.1) is 0 Å². The summed E-state index contributed by atoms with van der Waals surface area (Å²) in [6, 6.07) is 0. The highest BCUT2D eigenvalue weighted by Gasteiger charge is 2.67. The quantitative estimate of drug-likeness (QED) is 0.184. The molecule has 0 unspecified atom stereocenters. The first-order valence-electron chi connectivity index (χ1n) is 11.3. The van der Waals surface area contributed by atoms with Crippen molar-refractivity contribution in [2.45, 2.75) is 55.4 Å². The Kier molecular flexibility index (Phi) is 17.1. The highest BCUT2D eigenvalue weighted by molar-refractivity contribution is 6.77. The summed E-state index contributed by atoms with van der Waals surface area (Å²) in [5, 5.41) is 0. The van der Waals surface area contributed by atoms with Crippen LogP contribution in [-0.2, 0) is 47.8 Å². The lowest BCUT2D eigenvalue weighted by molar-refractivity contribution is -0.0743. The number of hydrogen-bond donors (Lipinski definition) is 2. The van der Waals surface area contributed by atoms with Crippen LogP contribution >= 0.6 is 0 Å². The van der Waals surface area contributed by atoms with E-state index in [-0.39, 0.29) is 52.9 Å². The van der Waals surface area contributed by atoms with Crippen LogP contribution in [0.1, 0.15) is 55.4 Å². The molecule has 0 aromatic carbocycles. The second-order valence-corrected chi connectivity index (χ2v) is 14.7. The molecule has 0 spiro atoms. The molecule has 0 aliphatic carbocycles. The Labute approximate surface area is 202 Å². The van der Waals surface area contributed by atoms with Gasteiger partial charge in [-0.25, -0.2) is 0 Å². The van der Waals surface area contributed by atoms with E-state index in [4.69, 9.17) is 47.8 Å². The Morgan fingerprint density at radius 2 is 0.576 bits per heavy atom. The van der Waals surface area contributed by atoms with Gasteiger partial charge in [0.05, 0.1) is 0 Å². The van der Waals surface area contributed by atoms with Gasteiger partial charge in [-0.1, -0.05) is 0 Å². The van der Waals surface area contributed by atoms with E-state index in [9.17, 15) is 9.59 Å². The molecule has 0 bridgehead atoms. The fourth-order valence-electron chi connectivity index (χ4n) is 2.47. The zero-order chi connectivity index (χ0) is 25.4. The molecule has 0 rings (SSSR count). The second kappa shape index (κ2) is 16.9. The molecule has 0 saturated heterocycles. The zero-order valence-electron chi connectivity index (χ0n) is 21.0. The summed E-state index contributed by atoms with van der Waals surface area (Å²) in [5.74, 6) is 0. The third kappa shape index (κ3) is 11.8. The van der Waals surface area contributed by atoms with E-state index < -0.39 is 36.2 Å². The van der Waals surface area contributed by atoms with Crippen molar-refractivity contribution in [3.05, 3.63) is 0 Å². The second-order valence-electron chi connectivity index (χ2n) is 5.82. The van der Waals surface area contributed by atoms with Crippen molar-refractivity contribution in [1.29, 1.82) is 0 Å². The van der Waals surface area contributed by atoms with Crippen molar-refractivity contribution in [1.82, 2.24) is 0 Å².